The van der Waals surface area contributed by atoms with Gasteiger partial charge in [-0.3, -0.25) is 0 Å². The molecule has 3 rings (SSSR count). The lowest BCUT2D eigenvalue weighted by atomic mass is 9.85. The third-order valence-electron chi connectivity index (χ3n) is 5.37. The summed E-state index contributed by atoms with van der Waals surface area (Å²) >= 11 is 0. The first-order chi connectivity index (χ1) is 13.5. The first-order valence-electron chi connectivity index (χ1n) is 10.3. The molecule has 0 fully saturated rings. The van der Waals surface area contributed by atoms with Crippen LogP contribution in [0.2, 0.25) is 0 Å². The minimum Gasteiger partial charge on any atom is -0.370 e. The molecule has 0 aliphatic heterocycles. The highest BCUT2D eigenvalue weighted by atomic mass is 15.0. The van der Waals surface area contributed by atoms with E-state index in [0.29, 0.717) is 5.41 Å². The van der Waals surface area contributed by atoms with Gasteiger partial charge in [0.1, 0.15) is 11.6 Å². The first kappa shape index (κ1) is 20.1. The van der Waals surface area contributed by atoms with Gasteiger partial charge in [-0.05, 0) is 48.4 Å². The molecule has 3 aromatic rings. The summed E-state index contributed by atoms with van der Waals surface area (Å²) in [7, 11) is 0. The summed E-state index contributed by atoms with van der Waals surface area (Å²) in [6.45, 7) is 9.80. The van der Waals surface area contributed by atoms with Gasteiger partial charge in [0, 0.05) is 36.6 Å². The van der Waals surface area contributed by atoms with Crippen LogP contribution in [0.25, 0.3) is 11.1 Å². The molecule has 1 aromatic carbocycles. The van der Waals surface area contributed by atoms with Crippen LogP contribution in [0.15, 0.2) is 48.8 Å². The van der Waals surface area contributed by atoms with Crippen molar-refractivity contribution in [1.82, 2.24) is 15.0 Å². The number of aromatic nitrogens is 3. The maximum atomic E-state index is 4.57. The maximum Gasteiger partial charge on any atom is 0.133 e. The van der Waals surface area contributed by atoms with E-state index in [2.05, 4.69) is 78.3 Å². The number of aryl methyl sites for hydroxylation is 2. The second-order valence-electron chi connectivity index (χ2n) is 8.18. The van der Waals surface area contributed by atoms with Gasteiger partial charge in [-0.25, -0.2) is 9.97 Å². The number of hydrogen-bond donors (Lipinski definition) is 2. The number of benzene rings is 1. The van der Waals surface area contributed by atoms with Crippen LogP contribution in [0.3, 0.4) is 0 Å². The summed E-state index contributed by atoms with van der Waals surface area (Å²) in [5.74, 6) is 2.02. The Balaban J connectivity index is 1.62. The highest BCUT2D eigenvalue weighted by molar-refractivity contribution is 5.75. The van der Waals surface area contributed by atoms with Crippen molar-refractivity contribution in [2.75, 3.05) is 11.9 Å². The molecule has 0 atom stereocenters. The van der Waals surface area contributed by atoms with Gasteiger partial charge < -0.3 is 10.3 Å². The standard InChI is InChI=1S/C24H32N4/c1-5-24(3,4)16-20-17-27-22(28-20)14-11-18-9-12-19(13-10-18)21-8-7-15-26-23(21)25-6-2/h7-10,12-13,15,17H,5-6,11,14,16H2,1-4H3,(H,25,26)(H,27,28). The highest BCUT2D eigenvalue weighted by Crippen LogP contribution is 2.27. The van der Waals surface area contributed by atoms with Crippen molar-refractivity contribution in [3.8, 4) is 11.1 Å². The second kappa shape index (κ2) is 9.05. The number of pyridine rings is 1. The van der Waals surface area contributed by atoms with Gasteiger partial charge in [-0.2, -0.15) is 0 Å². The molecule has 2 N–H and O–H groups in total. The van der Waals surface area contributed by atoms with Crippen LogP contribution >= 0.6 is 0 Å². The Kier molecular flexibility index (Phi) is 6.50. The fourth-order valence-corrected chi connectivity index (χ4v) is 3.32. The van der Waals surface area contributed by atoms with Gasteiger partial charge in [0.25, 0.3) is 0 Å². The summed E-state index contributed by atoms with van der Waals surface area (Å²) < 4.78 is 0. The number of H-pyrrole nitrogens is 1. The lowest BCUT2D eigenvalue weighted by molar-refractivity contribution is 0.346. The van der Waals surface area contributed by atoms with E-state index in [-0.39, 0.29) is 0 Å². The Hall–Kier alpha value is -2.62. The Labute approximate surface area is 168 Å². The molecule has 0 aliphatic carbocycles. The van der Waals surface area contributed by atoms with Crippen molar-refractivity contribution in [1.29, 1.82) is 0 Å². The van der Waals surface area contributed by atoms with Gasteiger partial charge in [0.05, 0.1) is 0 Å². The molecular weight excluding hydrogens is 344 g/mol. The largest absolute Gasteiger partial charge is 0.370 e. The molecule has 2 heterocycles. The number of rotatable bonds is 9. The molecule has 4 heteroatoms. The predicted molar refractivity (Wildman–Crippen MR) is 118 cm³/mol. The lowest BCUT2D eigenvalue weighted by Crippen LogP contribution is -2.13. The number of hydrogen-bond acceptors (Lipinski definition) is 3. The zero-order chi connectivity index (χ0) is 20.0. The molecule has 28 heavy (non-hydrogen) atoms. The molecule has 0 amide bonds. The normalized spacial score (nSPS) is 11.6. The molecule has 0 bridgehead atoms. The highest BCUT2D eigenvalue weighted by Gasteiger charge is 2.17. The van der Waals surface area contributed by atoms with Crippen molar-refractivity contribution in [2.45, 2.75) is 53.4 Å². The molecule has 2 aromatic heterocycles. The van der Waals surface area contributed by atoms with Crippen molar-refractivity contribution in [3.05, 3.63) is 65.9 Å². The van der Waals surface area contributed by atoms with Gasteiger partial charge in [-0.15, -0.1) is 0 Å². The van der Waals surface area contributed by atoms with Crippen LogP contribution in [0.1, 0.15) is 51.2 Å². The molecule has 148 valence electrons. The Morgan fingerprint density at radius 3 is 2.50 bits per heavy atom. The number of aromatic amines is 1. The first-order valence-corrected chi connectivity index (χ1v) is 10.3. The minimum absolute atomic E-state index is 0.317. The number of nitrogens with one attached hydrogen (secondary N) is 2. The fourth-order valence-electron chi connectivity index (χ4n) is 3.32. The van der Waals surface area contributed by atoms with Crippen LogP contribution in [0, 0.1) is 5.41 Å². The van der Waals surface area contributed by atoms with Gasteiger partial charge in [0.2, 0.25) is 0 Å². The molecule has 4 nitrogen and oxygen atoms in total. The van der Waals surface area contributed by atoms with Crippen LogP contribution in [0.4, 0.5) is 5.82 Å². The Bertz CT molecular complexity index is 878. The van der Waals surface area contributed by atoms with Gasteiger partial charge in [-0.1, -0.05) is 51.5 Å². The van der Waals surface area contributed by atoms with E-state index in [1.54, 1.807) is 0 Å². The average molecular weight is 377 g/mol. The lowest BCUT2D eigenvalue weighted by Gasteiger charge is -2.21. The minimum atomic E-state index is 0.317. The van der Waals surface area contributed by atoms with E-state index in [4.69, 9.17) is 0 Å². The molecule has 0 unspecified atom stereocenters. The topological polar surface area (TPSA) is 53.6 Å². The second-order valence-corrected chi connectivity index (χ2v) is 8.18. The molecule has 0 spiro atoms. The third kappa shape index (κ3) is 5.22. The zero-order valence-electron chi connectivity index (χ0n) is 17.5. The van der Waals surface area contributed by atoms with Crippen LogP contribution in [0.5, 0.6) is 0 Å². The van der Waals surface area contributed by atoms with Crippen LogP contribution < -0.4 is 5.32 Å². The van der Waals surface area contributed by atoms with E-state index >= 15 is 0 Å². The van der Waals surface area contributed by atoms with E-state index in [1.807, 2.05) is 18.5 Å². The van der Waals surface area contributed by atoms with Crippen LogP contribution in [-0.2, 0) is 19.3 Å². The van der Waals surface area contributed by atoms with Crippen molar-refractivity contribution >= 4 is 5.82 Å². The summed E-state index contributed by atoms with van der Waals surface area (Å²) in [5.41, 5.74) is 5.21. The molecule has 0 saturated heterocycles. The monoisotopic (exact) mass is 376 g/mol. The number of nitrogens with zero attached hydrogens (tertiary/aromatic N) is 2. The number of imidazole rings is 1. The van der Waals surface area contributed by atoms with Gasteiger partial charge >= 0.3 is 0 Å². The Morgan fingerprint density at radius 2 is 1.79 bits per heavy atom. The van der Waals surface area contributed by atoms with E-state index in [1.165, 1.54) is 23.2 Å². The average Bonchev–Trinajstić information content (AvgIpc) is 3.14. The SMILES string of the molecule is CCNc1ncccc1-c1ccc(CCc2ncc(CC(C)(C)CC)[nH]2)cc1. The van der Waals surface area contributed by atoms with E-state index in [9.17, 15) is 0 Å². The van der Waals surface area contributed by atoms with Crippen molar-refractivity contribution in [2.24, 2.45) is 5.41 Å². The molecule has 0 aliphatic rings. The Morgan fingerprint density at radius 1 is 1.00 bits per heavy atom. The van der Waals surface area contributed by atoms with E-state index < -0.39 is 0 Å². The molecule has 0 saturated carbocycles. The van der Waals surface area contributed by atoms with Crippen LogP contribution in [-0.4, -0.2) is 21.5 Å². The summed E-state index contributed by atoms with van der Waals surface area (Å²) in [4.78, 5) is 12.5. The molecular formula is C24H32N4. The summed E-state index contributed by atoms with van der Waals surface area (Å²) in [5, 5.41) is 3.33. The summed E-state index contributed by atoms with van der Waals surface area (Å²) in [6.07, 6.45) is 7.96. The maximum absolute atomic E-state index is 4.57. The van der Waals surface area contributed by atoms with Crippen molar-refractivity contribution in [3.63, 3.8) is 0 Å². The van der Waals surface area contributed by atoms with E-state index in [0.717, 1.165) is 43.0 Å². The van der Waals surface area contributed by atoms with Crippen molar-refractivity contribution < 1.29 is 0 Å². The number of anilines is 1. The summed E-state index contributed by atoms with van der Waals surface area (Å²) in [6, 6.07) is 12.9. The smallest absolute Gasteiger partial charge is 0.133 e. The fraction of sp³-hybridized carbons (Fsp3) is 0.417. The molecule has 0 radical (unpaired) electrons. The third-order valence-corrected chi connectivity index (χ3v) is 5.37. The quantitative estimate of drug-likeness (QED) is 0.506. The predicted octanol–water partition coefficient (Wildman–Crippen LogP) is 5.67. The zero-order valence-corrected chi connectivity index (χ0v) is 17.5. The van der Waals surface area contributed by atoms with Gasteiger partial charge in [0.15, 0.2) is 0 Å².